The third-order valence-electron chi connectivity index (χ3n) is 2.41. The maximum atomic E-state index is 11.5. The van der Waals surface area contributed by atoms with Crippen molar-refractivity contribution >= 4 is 27.5 Å². The highest BCUT2D eigenvalue weighted by atomic mass is 32.1. The summed E-state index contributed by atoms with van der Waals surface area (Å²) in [5.41, 5.74) is -0.480. The molecule has 1 aliphatic rings. The van der Waals surface area contributed by atoms with Gasteiger partial charge in [-0.25, -0.2) is 0 Å². The van der Waals surface area contributed by atoms with Gasteiger partial charge in [0.05, 0.1) is 10.8 Å². The van der Waals surface area contributed by atoms with Crippen LogP contribution in [0.25, 0.3) is 0 Å². The van der Waals surface area contributed by atoms with Crippen molar-refractivity contribution in [1.82, 2.24) is 0 Å². The van der Waals surface area contributed by atoms with Gasteiger partial charge in [0, 0.05) is 4.86 Å². The third-order valence-corrected chi connectivity index (χ3v) is 3.72. The van der Waals surface area contributed by atoms with Crippen molar-refractivity contribution < 1.29 is 4.79 Å². The van der Waals surface area contributed by atoms with E-state index in [1.165, 1.54) is 15.8 Å². The fourth-order valence-electron chi connectivity index (χ4n) is 2.07. The third kappa shape index (κ3) is 0.853. The summed E-state index contributed by atoms with van der Waals surface area (Å²) in [6.07, 6.45) is 0. The Morgan fingerprint density at radius 2 is 1.55 bits per heavy atom. The second kappa shape index (κ2) is 2.07. The summed E-state index contributed by atoms with van der Waals surface area (Å²) >= 11 is 0. The van der Waals surface area contributed by atoms with E-state index in [1.807, 2.05) is 27.7 Å². The first-order chi connectivity index (χ1) is 4.85. The van der Waals surface area contributed by atoms with Crippen molar-refractivity contribution in [2.45, 2.75) is 27.7 Å². The Bertz CT molecular complexity index is 247. The van der Waals surface area contributed by atoms with Gasteiger partial charge in [0.15, 0.2) is 5.78 Å². The average Bonchev–Trinajstić information content (AvgIpc) is 1.86. The van der Waals surface area contributed by atoms with Crippen LogP contribution < -0.4 is 0 Å². The molecule has 0 saturated heterocycles. The predicted octanol–water partition coefficient (Wildman–Crippen LogP) is 1.96. The van der Waals surface area contributed by atoms with Crippen molar-refractivity contribution in [3.8, 4) is 0 Å². The van der Waals surface area contributed by atoms with Crippen LogP contribution in [0.3, 0.4) is 0 Å². The largest absolute Gasteiger partial charge is 0.298 e. The first kappa shape index (κ1) is 8.72. The van der Waals surface area contributed by atoms with Crippen LogP contribution in [0, 0.1) is 10.8 Å². The number of carbonyl (C=O) groups is 1. The zero-order chi connectivity index (χ0) is 8.86. The van der Waals surface area contributed by atoms with Crippen molar-refractivity contribution in [2.24, 2.45) is 10.8 Å². The van der Waals surface area contributed by atoms with Crippen LogP contribution >= 0.6 is 10.9 Å². The van der Waals surface area contributed by atoms with E-state index in [0.29, 0.717) is 5.78 Å². The van der Waals surface area contributed by atoms with Crippen molar-refractivity contribution in [2.75, 3.05) is 0 Å². The summed E-state index contributed by atoms with van der Waals surface area (Å²) in [5, 5.41) is 0. The molecule has 0 heterocycles. The molecule has 1 aliphatic carbocycles. The molecule has 0 aromatic heterocycles. The molecule has 0 atom stereocenters. The Kier molecular flexibility index (Phi) is 1.64. The highest BCUT2D eigenvalue weighted by Crippen LogP contribution is 2.47. The second-order valence-corrected chi connectivity index (χ2v) is 4.75. The zero-order valence-electron chi connectivity index (χ0n) is 7.52. The predicted molar refractivity (Wildman–Crippen MR) is 52.3 cm³/mol. The zero-order valence-corrected chi connectivity index (χ0v) is 8.34. The molecule has 1 fully saturated rings. The Morgan fingerprint density at radius 1 is 1.18 bits per heavy atom. The van der Waals surface area contributed by atoms with E-state index in [0.717, 1.165) is 0 Å². The normalized spacial score (nSPS) is 26.2. The molecule has 2 heteroatoms. The van der Waals surface area contributed by atoms with Gasteiger partial charge in [0.25, 0.3) is 0 Å². The van der Waals surface area contributed by atoms with Crippen LogP contribution in [-0.2, 0) is 4.79 Å². The van der Waals surface area contributed by atoms with Gasteiger partial charge in [0.1, 0.15) is 0 Å². The van der Waals surface area contributed by atoms with Gasteiger partial charge in [-0.2, -0.15) is 10.9 Å². The smallest absolute Gasteiger partial charge is 0.153 e. The lowest BCUT2D eigenvalue weighted by atomic mass is 9.55. The van der Waals surface area contributed by atoms with E-state index in [2.05, 4.69) is 5.87 Å². The van der Waals surface area contributed by atoms with E-state index >= 15 is 0 Å². The van der Waals surface area contributed by atoms with Crippen molar-refractivity contribution in [3.63, 3.8) is 0 Å². The van der Waals surface area contributed by atoms with E-state index in [9.17, 15) is 4.79 Å². The molecule has 0 unspecified atom stereocenters. The van der Waals surface area contributed by atoms with Crippen LogP contribution in [0.15, 0.2) is 0 Å². The topological polar surface area (TPSA) is 17.1 Å². The molecular formula is C9H14OS. The Morgan fingerprint density at radius 3 is 1.73 bits per heavy atom. The van der Waals surface area contributed by atoms with E-state index < -0.39 is 0 Å². The van der Waals surface area contributed by atoms with Gasteiger partial charge in [-0.1, -0.05) is 0 Å². The van der Waals surface area contributed by atoms with Gasteiger partial charge in [-0.05, 0) is 33.6 Å². The van der Waals surface area contributed by atoms with E-state index in [-0.39, 0.29) is 10.8 Å². The summed E-state index contributed by atoms with van der Waals surface area (Å²) in [6, 6.07) is 0. The maximum Gasteiger partial charge on any atom is 0.153 e. The molecule has 1 nitrogen and oxygen atoms in total. The highest BCUT2D eigenvalue weighted by Gasteiger charge is 2.57. The monoisotopic (exact) mass is 170 g/mol. The molecule has 0 amide bonds. The summed E-state index contributed by atoms with van der Waals surface area (Å²) in [5.74, 6) is 4.09. The van der Waals surface area contributed by atoms with Crippen LogP contribution in [0.5, 0.6) is 0 Å². The van der Waals surface area contributed by atoms with Crippen molar-refractivity contribution in [1.29, 1.82) is 0 Å². The number of ketones is 1. The first-order valence-electron chi connectivity index (χ1n) is 3.70. The Hall–Kier alpha value is -0.370. The minimum atomic E-state index is -0.240. The van der Waals surface area contributed by atoms with Crippen molar-refractivity contribution in [3.05, 3.63) is 0 Å². The molecule has 62 valence electrons. The van der Waals surface area contributed by atoms with Gasteiger partial charge in [0.2, 0.25) is 0 Å². The van der Waals surface area contributed by atoms with Gasteiger partial charge in [-0.3, -0.25) is 4.79 Å². The Balaban J connectivity index is 3.18. The summed E-state index contributed by atoms with van der Waals surface area (Å²) in [4.78, 5) is 12.7. The molecule has 0 bridgehead atoms. The minimum Gasteiger partial charge on any atom is -0.298 e. The number of carbonyl (C=O) groups excluding carboxylic acids is 1. The van der Waals surface area contributed by atoms with Crippen LogP contribution in [-0.4, -0.2) is 16.5 Å². The van der Waals surface area contributed by atoms with Crippen LogP contribution in [0.2, 0.25) is 0 Å². The van der Waals surface area contributed by atoms with Gasteiger partial charge >= 0.3 is 0 Å². The molecule has 0 aromatic carbocycles. The van der Waals surface area contributed by atoms with Crippen LogP contribution in [0.1, 0.15) is 27.7 Å². The van der Waals surface area contributed by atoms with Gasteiger partial charge in [-0.15, -0.1) is 0 Å². The fourth-order valence-corrected chi connectivity index (χ4v) is 2.97. The summed E-state index contributed by atoms with van der Waals surface area (Å²) in [6.45, 7) is 7.87. The second-order valence-electron chi connectivity index (χ2n) is 4.05. The van der Waals surface area contributed by atoms with Crippen LogP contribution in [0.4, 0.5) is 0 Å². The Labute approximate surface area is 71.3 Å². The standard InChI is InChI=1S/C9H14OS/c1-8(2)6(10)9(3,4)7(8)11-5/h5H2,1-4H3. The molecule has 1 saturated carbocycles. The SMILES string of the molecule is C=S=C1C(C)(C)C(=O)C1(C)C. The summed E-state index contributed by atoms with van der Waals surface area (Å²) < 4.78 is 0. The molecule has 0 N–H and O–H groups in total. The molecule has 0 aliphatic heterocycles. The quantitative estimate of drug-likeness (QED) is 0.508. The molecule has 0 aromatic rings. The number of rotatable bonds is 0. The highest BCUT2D eigenvalue weighted by molar-refractivity contribution is 7.96. The lowest BCUT2D eigenvalue weighted by molar-refractivity contribution is -0.134. The van der Waals surface area contributed by atoms with Gasteiger partial charge < -0.3 is 0 Å². The minimum absolute atomic E-state index is 0.240. The molecule has 1 rings (SSSR count). The van der Waals surface area contributed by atoms with E-state index in [1.54, 1.807) is 0 Å². The molecule has 0 spiro atoms. The summed E-state index contributed by atoms with van der Waals surface area (Å²) in [7, 11) is 1.48. The molecular weight excluding hydrogens is 156 g/mol. The first-order valence-corrected chi connectivity index (χ1v) is 4.68. The lowest BCUT2D eigenvalue weighted by Crippen LogP contribution is -2.60. The fraction of sp³-hybridized carbons (Fsp3) is 0.667. The number of hydrogen-bond donors (Lipinski definition) is 0. The maximum absolute atomic E-state index is 11.5. The number of Topliss-reactive ketones (excluding diaryl/α,β-unsaturated/α-hetero) is 1. The molecule has 0 radical (unpaired) electrons. The lowest BCUT2D eigenvalue weighted by Gasteiger charge is -2.48. The average molecular weight is 170 g/mol. The van der Waals surface area contributed by atoms with E-state index in [4.69, 9.17) is 0 Å². The molecule has 11 heavy (non-hydrogen) atoms. The number of hydrogen-bond acceptors (Lipinski definition) is 1.